The van der Waals surface area contributed by atoms with Crippen LogP contribution < -0.4 is 5.32 Å². The van der Waals surface area contributed by atoms with E-state index in [-0.39, 0.29) is 19.1 Å². The van der Waals surface area contributed by atoms with Crippen molar-refractivity contribution in [3.8, 4) is 0 Å². The number of carbonyl (C=O) groups excluding carboxylic acids is 2. The van der Waals surface area contributed by atoms with Crippen LogP contribution in [0.15, 0.2) is 24.3 Å². The fourth-order valence-corrected chi connectivity index (χ4v) is 1.91. The van der Waals surface area contributed by atoms with Gasteiger partial charge in [-0.05, 0) is 25.0 Å². The number of rotatable bonds is 7. The molecule has 1 rings (SSSR count). The van der Waals surface area contributed by atoms with E-state index >= 15 is 0 Å². The van der Waals surface area contributed by atoms with Crippen molar-refractivity contribution >= 4 is 23.5 Å². The van der Waals surface area contributed by atoms with E-state index in [0.29, 0.717) is 11.4 Å². The molecule has 0 aliphatic carbocycles. The number of carbonyl (C=O) groups is 2. The van der Waals surface area contributed by atoms with Crippen LogP contribution in [0.2, 0.25) is 5.02 Å². The van der Waals surface area contributed by atoms with Gasteiger partial charge in [0.05, 0.1) is 13.7 Å². The number of benzene rings is 1. The summed E-state index contributed by atoms with van der Waals surface area (Å²) in [6.45, 7) is 3.48. The summed E-state index contributed by atoms with van der Waals surface area (Å²) < 4.78 is 10.0. The van der Waals surface area contributed by atoms with Crippen molar-refractivity contribution in [1.82, 2.24) is 5.32 Å². The minimum Gasteiger partial charge on any atom is -0.467 e. The highest BCUT2D eigenvalue weighted by Gasteiger charge is 2.33. The van der Waals surface area contributed by atoms with Crippen molar-refractivity contribution in [3.05, 3.63) is 34.9 Å². The molecule has 1 aromatic rings. The molecule has 0 bridgehead atoms. The highest BCUT2D eigenvalue weighted by atomic mass is 35.5. The minimum absolute atomic E-state index is 0.155. The number of nitrogens with one attached hydrogen (secondary N) is 1. The summed E-state index contributed by atoms with van der Waals surface area (Å²) in [6, 6.07) is 7.24. The zero-order valence-corrected chi connectivity index (χ0v) is 13.2. The SMILES string of the molecule is CC[C@@](C)(NC(=O)COCc1ccccc1Cl)C(=O)OC. The van der Waals surface area contributed by atoms with E-state index in [1.54, 1.807) is 19.9 Å². The van der Waals surface area contributed by atoms with Crippen molar-refractivity contribution in [2.24, 2.45) is 0 Å². The third-order valence-electron chi connectivity index (χ3n) is 3.21. The van der Waals surface area contributed by atoms with E-state index in [4.69, 9.17) is 16.3 Å². The molecular weight excluding hydrogens is 294 g/mol. The molecule has 1 atom stereocenters. The van der Waals surface area contributed by atoms with Gasteiger partial charge in [0.1, 0.15) is 12.1 Å². The second-order valence-corrected chi connectivity index (χ2v) is 5.22. The molecule has 0 heterocycles. The quantitative estimate of drug-likeness (QED) is 0.785. The van der Waals surface area contributed by atoms with Crippen LogP contribution >= 0.6 is 11.6 Å². The normalized spacial score (nSPS) is 13.3. The van der Waals surface area contributed by atoms with Crippen LogP contribution in [0.25, 0.3) is 0 Å². The highest BCUT2D eigenvalue weighted by molar-refractivity contribution is 6.31. The first-order chi connectivity index (χ1) is 9.92. The predicted octanol–water partition coefficient (Wildman–Crippen LogP) is 2.31. The lowest BCUT2D eigenvalue weighted by atomic mass is 9.99. The minimum atomic E-state index is -1.04. The zero-order valence-electron chi connectivity index (χ0n) is 12.4. The number of amides is 1. The maximum atomic E-state index is 11.8. The van der Waals surface area contributed by atoms with Crippen LogP contribution in [0.3, 0.4) is 0 Å². The molecule has 0 aromatic heterocycles. The van der Waals surface area contributed by atoms with E-state index in [1.165, 1.54) is 7.11 Å². The number of methoxy groups -OCH3 is 1. The molecule has 0 radical (unpaired) electrons. The third kappa shape index (κ3) is 5.02. The standard InChI is InChI=1S/C15H20ClNO4/c1-4-15(2,14(19)20-3)17-13(18)10-21-9-11-7-5-6-8-12(11)16/h5-8H,4,9-10H2,1-3H3,(H,17,18)/t15-/m1/s1. The summed E-state index contributed by atoms with van der Waals surface area (Å²) in [5.41, 5.74) is -0.238. The lowest BCUT2D eigenvalue weighted by molar-refractivity contribution is -0.151. The molecule has 5 nitrogen and oxygen atoms in total. The third-order valence-corrected chi connectivity index (χ3v) is 3.58. The summed E-state index contributed by atoms with van der Waals surface area (Å²) in [5.74, 6) is -0.860. The Kier molecular flexibility index (Phi) is 6.65. The average molecular weight is 314 g/mol. The molecule has 1 N–H and O–H groups in total. The van der Waals surface area contributed by atoms with Gasteiger partial charge in [0.15, 0.2) is 0 Å². The fraction of sp³-hybridized carbons (Fsp3) is 0.467. The molecule has 0 fully saturated rings. The zero-order chi connectivity index (χ0) is 15.9. The van der Waals surface area contributed by atoms with Gasteiger partial charge in [-0.2, -0.15) is 0 Å². The van der Waals surface area contributed by atoms with Gasteiger partial charge in [0.25, 0.3) is 0 Å². The van der Waals surface area contributed by atoms with E-state index in [0.717, 1.165) is 5.56 Å². The smallest absolute Gasteiger partial charge is 0.331 e. The van der Waals surface area contributed by atoms with E-state index in [2.05, 4.69) is 10.1 Å². The summed E-state index contributed by atoms with van der Waals surface area (Å²) >= 11 is 5.99. The molecule has 116 valence electrons. The molecule has 0 aliphatic heterocycles. The van der Waals surface area contributed by atoms with Gasteiger partial charge in [-0.15, -0.1) is 0 Å². The van der Waals surface area contributed by atoms with Gasteiger partial charge in [0.2, 0.25) is 5.91 Å². The van der Waals surface area contributed by atoms with Crippen molar-refractivity contribution in [2.75, 3.05) is 13.7 Å². The molecule has 0 saturated carbocycles. The summed E-state index contributed by atoms with van der Waals surface area (Å²) in [7, 11) is 1.29. The van der Waals surface area contributed by atoms with Crippen LogP contribution in [0.1, 0.15) is 25.8 Å². The van der Waals surface area contributed by atoms with Gasteiger partial charge < -0.3 is 14.8 Å². The van der Waals surface area contributed by atoms with Crippen LogP contribution in [-0.2, 0) is 25.7 Å². The van der Waals surface area contributed by atoms with Gasteiger partial charge >= 0.3 is 5.97 Å². The maximum Gasteiger partial charge on any atom is 0.331 e. The van der Waals surface area contributed by atoms with Gasteiger partial charge in [0, 0.05) is 5.02 Å². The monoisotopic (exact) mass is 313 g/mol. The largest absolute Gasteiger partial charge is 0.467 e. The molecule has 1 aromatic carbocycles. The lowest BCUT2D eigenvalue weighted by Crippen LogP contribution is -2.53. The highest BCUT2D eigenvalue weighted by Crippen LogP contribution is 2.15. The van der Waals surface area contributed by atoms with Crippen LogP contribution in [0.4, 0.5) is 0 Å². The Bertz CT molecular complexity index is 506. The first-order valence-corrected chi connectivity index (χ1v) is 7.01. The molecule has 1 amide bonds. The Hall–Kier alpha value is -1.59. The number of halogens is 1. The molecule has 21 heavy (non-hydrogen) atoms. The molecular formula is C15H20ClNO4. The van der Waals surface area contributed by atoms with E-state index < -0.39 is 11.5 Å². The second-order valence-electron chi connectivity index (χ2n) is 4.81. The van der Waals surface area contributed by atoms with Crippen molar-refractivity contribution in [1.29, 1.82) is 0 Å². The number of hydrogen-bond donors (Lipinski definition) is 1. The lowest BCUT2D eigenvalue weighted by Gasteiger charge is -2.26. The molecule has 0 spiro atoms. The number of hydrogen-bond acceptors (Lipinski definition) is 4. The molecule has 0 unspecified atom stereocenters. The Balaban J connectivity index is 2.47. The maximum absolute atomic E-state index is 11.8. The van der Waals surface area contributed by atoms with Crippen LogP contribution in [0.5, 0.6) is 0 Å². The Morgan fingerprint density at radius 1 is 1.33 bits per heavy atom. The molecule has 0 aliphatic rings. The molecule has 0 saturated heterocycles. The number of ether oxygens (including phenoxy) is 2. The van der Waals surface area contributed by atoms with Crippen molar-refractivity contribution in [2.45, 2.75) is 32.4 Å². The first-order valence-electron chi connectivity index (χ1n) is 6.63. The average Bonchev–Trinajstić information content (AvgIpc) is 2.48. The first kappa shape index (κ1) is 17.5. The van der Waals surface area contributed by atoms with Crippen molar-refractivity contribution < 1.29 is 19.1 Å². The Morgan fingerprint density at radius 2 is 2.00 bits per heavy atom. The predicted molar refractivity (Wildman–Crippen MR) is 80.0 cm³/mol. The molecule has 6 heteroatoms. The van der Waals surface area contributed by atoms with Crippen LogP contribution in [-0.4, -0.2) is 31.1 Å². The summed E-state index contributed by atoms with van der Waals surface area (Å²) in [5, 5.41) is 3.21. The Morgan fingerprint density at radius 3 is 2.57 bits per heavy atom. The van der Waals surface area contributed by atoms with Gasteiger partial charge in [-0.25, -0.2) is 4.79 Å². The van der Waals surface area contributed by atoms with E-state index in [1.807, 2.05) is 18.2 Å². The van der Waals surface area contributed by atoms with E-state index in [9.17, 15) is 9.59 Å². The van der Waals surface area contributed by atoms with Crippen molar-refractivity contribution in [3.63, 3.8) is 0 Å². The summed E-state index contributed by atoms with van der Waals surface area (Å²) in [4.78, 5) is 23.5. The Labute approximate surface area is 129 Å². The fourth-order valence-electron chi connectivity index (χ4n) is 1.72. The van der Waals surface area contributed by atoms with Gasteiger partial charge in [-0.1, -0.05) is 36.7 Å². The number of esters is 1. The van der Waals surface area contributed by atoms with Gasteiger partial charge in [-0.3, -0.25) is 4.79 Å². The topological polar surface area (TPSA) is 64.6 Å². The van der Waals surface area contributed by atoms with Crippen LogP contribution in [0, 0.1) is 0 Å². The second kappa shape index (κ2) is 8.00. The summed E-state index contributed by atoms with van der Waals surface area (Å²) in [6.07, 6.45) is 0.427.